The lowest BCUT2D eigenvalue weighted by atomic mass is 10.3. The first-order valence-corrected chi connectivity index (χ1v) is 4.73. The van der Waals surface area contributed by atoms with Gasteiger partial charge in [-0.15, -0.1) is 0 Å². The van der Waals surface area contributed by atoms with Crippen molar-refractivity contribution in [3.8, 4) is 0 Å². The number of hydrogen-bond donors (Lipinski definition) is 1. The molecule has 0 bridgehead atoms. The Hall–Kier alpha value is -0.0800. The van der Waals surface area contributed by atoms with E-state index in [1.807, 2.05) is 0 Å². The highest BCUT2D eigenvalue weighted by Gasteiger charge is 2.50. The molecule has 0 saturated heterocycles. The van der Waals surface area contributed by atoms with Crippen LogP contribution in [0.4, 0.5) is 0 Å². The van der Waals surface area contributed by atoms with Gasteiger partial charge in [0.05, 0.1) is 25.7 Å². The Morgan fingerprint density at radius 2 is 1.64 bits per heavy atom. The summed E-state index contributed by atoms with van der Waals surface area (Å²) >= 11 is 0. The number of aliphatic hydroxyl groups is 1. The maximum absolute atomic E-state index is 8.94. The molecule has 2 rings (SSSR count). The van der Waals surface area contributed by atoms with E-state index in [4.69, 9.17) is 5.11 Å². The maximum Gasteiger partial charge on any atom is 0.102 e. The van der Waals surface area contributed by atoms with Crippen molar-refractivity contribution in [3.05, 3.63) is 0 Å². The second kappa shape index (κ2) is 2.46. The predicted octanol–water partition coefficient (Wildman–Crippen LogP) is 0.750. The van der Waals surface area contributed by atoms with Gasteiger partial charge in [0, 0.05) is 25.7 Å². The van der Waals surface area contributed by atoms with Crippen molar-refractivity contribution >= 4 is 0 Å². The third-order valence-electron chi connectivity index (χ3n) is 3.34. The van der Waals surface area contributed by atoms with Crippen molar-refractivity contribution in [2.24, 2.45) is 0 Å². The molecule has 2 aliphatic carbocycles. The number of hydrogen-bond acceptors (Lipinski definition) is 1. The van der Waals surface area contributed by atoms with Crippen molar-refractivity contribution in [1.82, 2.24) is 0 Å². The summed E-state index contributed by atoms with van der Waals surface area (Å²) in [5.41, 5.74) is 0. The van der Waals surface area contributed by atoms with Crippen LogP contribution in [-0.2, 0) is 0 Å². The fourth-order valence-corrected chi connectivity index (χ4v) is 2.21. The van der Waals surface area contributed by atoms with E-state index in [0.29, 0.717) is 6.61 Å². The van der Waals surface area contributed by atoms with Crippen molar-refractivity contribution in [2.45, 2.75) is 37.8 Å². The van der Waals surface area contributed by atoms with Crippen molar-refractivity contribution in [2.75, 3.05) is 20.2 Å². The molecular weight excluding hydrogens is 138 g/mol. The number of nitrogens with zero attached hydrogens (tertiary/aromatic N) is 1. The van der Waals surface area contributed by atoms with E-state index < -0.39 is 0 Å². The van der Waals surface area contributed by atoms with Gasteiger partial charge >= 0.3 is 0 Å². The van der Waals surface area contributed by atoms with Crippen molar-refractivity contribution < 1.29 is 9.59 Å². The second-order valence-electron chi connectivity index (χ2n) is 4.26. The third-order valence-corrected chi connectivity index (χ3v) is 3.34. The quantitative estimate of drug-likeness (QED) is 0.595. The Bertz CT molecular complexity index is 138. The van der Waals surface area contributed by atoms with Gasteiger partial charge in [0.1, 0.15) is 6.54 Å². The molecule has 2 nitrogen and oxygen atoms in total. The monoisotopic (exact) mass is 156 g/mol. The van der Waals surface area contributed by atoms with Crippen molar-refractivity contribution in [1.29, 1.82) is 0 Å². The Balaban J connectivity index is 1.98. The Kier molecular flexibility index (Phi) is 1.69. The van der Waals surface area contributed by atoms with Gasteiger partial charge in [-0.25, -0.2) is 0 Å². The Morgan fingerprint density at radius 1 is 1.18 bits per heavy atom. The lowest BCUT2D eigenvalue weighted by Crippen LogP contribution is -2.49. The van der Waals surface area contributed by atoms with Gasteiger partial charge in [0.2, 0.25) is 0 Å². The molecule has 11 heavy (non-hydrogen) atoms. The van der Waals surface area contributed by atoms with E-state index in [9.17, 15) is 0 Å². The van der Waals surface area contributed by atoms with Crippen LogP contribution in [0.2, 0.25) is 0 Å². The first-order chi connectivity index (χ1) is 5.27. The van der Waals surface area contributed by atoms with Gasteiger partial charge in [-0.3, -0.25) is 0 Å². The van der Waals surface area contributed by atoms with E-state index in [1.165, 1.54) is 30.2 Å². The van der Waals surface area contributed by atoms with E-state index in [1.54, 1.807) is 0 Å². The summed E-state index contributed by atoms with van der Waals surface area (Å²) in [6.45, 7) is 1.35. The summed E-state index contributed by atoms with van der Waals surface area (Å²) in [5.74, 6) is 0. The SMILES string of the molecule is C[N+](CCO)(C1CC1)C1CC1. The molecule has 2 heteroatoms. The van der Waals surface area contributed by atoms with E-state index in [-0.39, 0.29) is 0 Å². The van der Waals surface area contributed by atoms with Crippen LogP contribution >= 0.6 is 0 Å². The van der Waals surface area contributed by atoms with Crippen LogP contribution in [-0.4, -0.2) is 41.9 Å². The normalized spacial score (nSPS) is 25.6. The first-order valence-electron chi connectivity index (χ1n) is 4.73. The molecule has 0 spiro atoms. The molecule has 0 atom stereocenters. The van der Waals surface area contributed by atoms with Crippen LogP contribution in [0.15, 0.2) is 0 Å². The molecule has 0 aliphatic heterocycles. The standard InChI is InChI=1S/C9H18NO/c1-10(6-7-11,8-2-3-8)9-4-5-9/h8-9,11H,2-7H2,1H3/q+1. The molecule has 0 aromatic carbocycles. The van der Waals surface area contributed by atoms with Gasteiger partial charge in [-0.1, -0.05) is 0 Å². The Labute approximate surface area is 68.4 Å². The molecule has 2 fully saturated rings. The minimum Gasteiger partial charge on any atom is -0.391 e. The van der Waals surface area contributed by atoms with Crippen LogP contribution in [0.5, 0.6) is 0 Å². The van der Waals surface area contributed by atoms with Gasteiger partial charge in [0.15, 0.2) is 0 Å². The molecule has 0 unspecified atom stereocenters. The maximum atomic E-state index is 8.94. The highest BCUT2D eigenvalue weighted by Crippen LogP contribution is 2.42. The highest BCUT2D eigenvalue weighted by atomic mass is 16.3. The minimum absolute atomic E-state index is 0.365. The summed E-state index contributed by atoms with van der Waals surface area (Å²) < 4.78 is 1.18. The highest BCUT2D eigenvalue weighted by molar-refractivity contribution is 4.83. The average Bonchev–Trinajstić information content (AvgIpc) is 2.84. The zero-order valence-corrected chi connectivity index (χ0v) is 7.29. The lowest BCUT2D eigenvalue weighted by molar-refractivity contribution is -0.930. The van der Waals surface area contributed by atoms with Crippen LogP contribution in [0, 0.1) is 0 Å². The molecular formula is C9H18NO+. The molecule has 0 radical (unpaired) electrons. The van der Waals surface area contributed by atoms with E-state index in [2.05, 4.69) is 7.05 Å². The summed E-state index contributed by atoms with van der Waals surface area (Å²) in [7, 11) is 2.32. The summed E-state index contributed by atoms with van der Waals surface area (Å²) in [6, 6.07) is 1.80. The molecule has 2 saturated carbocycles. The van der Waals surface area contributed by atoms with Crippen LogP contribution in [0.1, 0.15) is 25.7 Å². The number of aliphatic hydroxyl groups excluding tert-OH is 1. The molecule has 0 amide bonds. The van der Waals surface area contributed by atoms with Gasteiger partial charge in [0.25, 0.3) is 0 Å². The summed E-state index contributed by atoms with van der Waals surface area (Å²) in [4.78, 5) is 0. The lowest BCUT2D eigenvalue weighted by Gasteiger charge is -2.34. The van der Waals surface area contributed by atoms with Crippen molar-refractivity contribution in [3.63, 3.8) is 0 Å². The average molecular weight is 156 g/mol. The van der Waals surface area contributed by atoms with Gasteiger partial charge < -0.3 is 9.59 Å². The minimum atomic E-state index is 0.365. The first kappa shape index (κ1) is 7.56. The zero-order chi connectivity index (χ0) is 7.90. The predicted molar refractivity (Wildman–Crippen MR) is 44.2 cm³/mol. The molecule has 0 heterocycles. The van der Waals surface area contributed by atoms with Crippen LogP contribution in [0.25, 0.3) is 0 Å². The molecule has 64 valence electrons. The largest absolute Gasteiger partial charge is 0.391 e. The van der Waals surface area contributed by atoms with E-state index >= 15 is 0 Å². The number of quaternary nitrogens is 1. The van der Waals surface area contributed by atoms with Crippen LogP contribution in [0.3, 0.4) is 0 Å². The number of rotatable bonds is 4. The fourth-order valence-electron chi connectivity index (χ4n) is 2.21. The zero-order valence-electron chi connectivity index (χ0n) is 7.29. The fraction of sp³-hybridized carbons (Fsp3) is 1.00. The van der Waals surface area contributed by atoms with Crippen LogP contribution < -0.4 is 0 Å². The molecule has 0 aromatic heterocycles. The molecule has 0 aromatic rings. The van der Waals surface area contributed by atoms with E-state index in [0.717, 1.165) is 18.6 Å². The van der Waals surface area contributed by atoms with Gasteiger partial charge in [-0.05, 0) is 0 Å². The summed E-state index contributed by atoms with van der Waals surface area (Å²) in [5, 5.41) is 8.94. The second-order valence-corrected chi connectivity index (χ2v) is 4.26. The number of likely N-dealkylation sites (N-methyl/N-ethyl adjacent to an activating group) is 1. The smallest absolute Gasteiger partial charge is 0.102 e. The Morgan fingerprint density at radius 3 is 1.91 bits per heavy atom. The molecule has 2 aliphatic rings. The third kappa shape index (κ3) is 1.30. The topological polar surface area (TPSA) is 20.2 Å². The molecule has 1 N–H and O–H groups in total. The van der Waals surface area contributed by atoms with Gasteiger partial charge in [-0.2, -0.15) is 0 Å². The summed E-state index contributed by atoms with van der Waals surface area (Å²) in [6.07, 6.45) is 5.58.